The maximum absolute atomic E-state index is 12.1. The lowest BCUT2D eigenvalue weighted by Crippen LogP contribution is -2.17. The number of halogens is 3. The van der Waals surface area contributed by atoms with Gasteiger partial charge in [0.1, 0.15) is 5.56 Å². The number of carbonyl (C=O) groups excluding carboxylic acids is 1. The third-order valence-electron chi connectivity index (χ3n) is 1.37. The van der Waals surface area contributed by atoms with Gasteiger partial charge in [-0.15, -0.1) is 0 Å². The van der Waals surface area contributed by atoms with Gasteiger partial charge in [-0.05, 0) is 6.92 Å². The standard InChI is InChI=1S/C6H5F3N2O2/c1-2-3(5(10)12)4(13-11-2)6(7,8)9/h1H3,(H2,10,12). The highest BCUT2D eigenvalue weighted by Gasteiger charge is 2.41. The van der Waals surface area contributed by atoms with E-state index >= 15 is 0 Å². The van der Waals surface area contributed by atoms with Crippen LogP contribution in [0.15, 0.2) is 4.52 Å². The van der Waals surface area contributed by atoms with Crippen molar-refractivity contribution >= 4 is 5.91 Å². The molecular weight excluding hydrogens is 189 g/mol. The lowest BCUT2D eigenvalue weighted by atomic mass is 10.2. The molecule has 0 spiro atoms. The molecule has 1 amide bonds. The summed E-state index contributed by atoms with van der Waals surface area (Å²) in [5.41, 5.74) is 3.84. The van der Waals surface area contributed by atoms with Crippen LogP contribution in [0.2, 0.25) is 0 Å². The second-order valence-electron chi connectivity index (χ2n) is 2.33. The summed E-state index contributed by atoms with van der Waals surface area (Å²) in [7, 11) is 0. The first kappa shape index (κ1) is 9.56. The lowest BCUT2D eigenvalue weighted by molar-refractivity contribution is -0.155. The van der Waals surface area contributed by atoms with Crippen LogP contribution < -0.4 is 5.73 Å². The third kappa shape index (κ3) is 1.63. The third-order valence-corrected chi connectivity index (χ3v) is 1.37. The number of nitrogens with two attached hydrogens (primary N) is 1. The van der Waals surface area contributed by atoms with Gasteiger partial charge in [-0.1, -0.05) is 5.16 Å². The van der Waals surface area contributed by atoms with Crippen molar-refractivity contribution in [3.63, 3.8) is 0 Å². The lowest BCUT2D eigenvalue weighted by Gasteiger charge is -2.01. The van der Waals surface area contributed by atoms with Gasteiger partial charge in [-0.3, -0.25) is 4.79 Å². The first-order valence-electron chi connectivity index (χ1n) is 3.17. The zero-order valence-electron chi connectivity index (χ0n) is 6.47. The zero-order valence-corrected chi connectivity index (χ0v) is 6.47. The molecule has 0 radical (unpaired) electrons. The Morgan fingerprint density at radius 3 is 2.38 bits per heavy atom. The monoisotopic (exact) mass is 194 g/mol. The Morgan fingerprint density at radius 1 is 1.54 bits per heavy atom. The molecule has 1 rings (SSSR count). The summed E-state index contributed by atoms with van der Waals surface area (Å²) in [5, 5.41) is 3.01. The number of hydrogen-bond donors (Lipinski definition) is 1. The van der Waals surface area contributed by atoms with E-state index < -0.39 is 23.4 Å². The molecule has 1 heterocycles. The minimum atomic E-state index is -4.74. The minimum absolute atomic E-state index is 0.167. The van der Waals surface area contributed by atoms with Crippen molar-refractivity contribution in [3.05, 3.63) is 17.0 Å². The SMILES string of the molecule is Cc1noc(C(F)(F)F)c1C(N)=O. The van der Waals surface area contributed by atoms with Gasteiger partial charge < -0.3 is 10.3 Å². The summed E-state index contributed by atoms with van der Waals surface area (Å²) in [6, 6.07) is 0. The van der Waals surface area contributed by atoms with Gasteiger partial charge in [-0.25, -0.2) is 0 Å². The molecule has 1 aromatic heterocycles. The number of alkyl halides is 3. The molecule has 0 aliphatic carbocycles. The molecule has 7 heteroatoms. The smallest absolute Gasteiger partial charge is 0.365 e. The van der Waals surface area contributed by atoms with E-state index in [1.165, 1.54) is 6.92 Å². The Morgan fingerprint density at radius 2 is 2.08 bits per heavy atom. The fourth-order valence-corrected chi connectivity index (χ4v) is 0.853. The van der Waals surface area contributed by atoms with Gasteiger partial charge in [0, 0.05) is 0 Å². The normalized spacial score (nSPS) is 11.7. The molecule has 0 atom stereocenters. The van der Waals surface area contributed by atoms with E-state index in [2.05, 4.69) is 9.68 Å². The highest BCUT2D eigenvalue weighted by molar-refractivity contribution is 5.94. The molecule has 0 fully saturated rings. The molecule has 0 aliphatic heterocycles. The van der Waals surface area contributed by atoms with Crippen LogP contribution in [0.5, 0.6) is 0 Å². The van der Waals surface area contributed by atoms with Crippen LogP contribution in [-0.2, 0) is 6.18 Å². The number of hydrogen-bond acceptors (Lipinski definition) is 3. The van der Waals surface area contributed by atoms with Gasteiger partial charge in [0.05, 0.1) is 5.69 Å². The van der Waals surface area contributed by atoms with Gasteiger partial charge in [0.25, 0.3) is 11.7 Å². The summed E-state index contributed by atoms with van der Waals surface area (Å²) in [4.78, 5) is 10.6. The predicted molar refractivity (Wildman–Crippen MR) is 34.8 cm³/mol. The Labute approximate surface area is 70.5 Å². The molecule has 4 nitrogen and oxygen atoms in total. The van der Waals surface area contributed by atoms with Crippen molar-refractivity contribution in [2.75, 3.05) is 0 Å². The Balaban J connectivity index is 3.31. The zero-order chi connectivity index (χ0) is 10.2. The van der Waals surface area contributed by atoms with Gasteiger partial charge in [-0.2, -0.15) is 13.2 Å². The molecule has 1 aromatic rings. The molecule has 0 bridgehead atoms. The Hall–Kier alpha value is -1.53. The van der Waals surface area contributed by atoms with E-state index in [0.717, 1.165) is 0 Å². The van der Waals surface area contributed by atoms with Gasteiger partial charge in [0.2, 0.25) is 0 Å². The van der Waals surface area contributed by atoms with Crippen molar-refractivity contribution in [2.24, 2.45) is 5.73 Å². The van der Waals surface area contributed by atoms with Gasteiger partial charge in [0.15, 0.2) is 0 Å². The number of aromatic nitrogens is 1. The minimum Gasteiger partial charge on any atom is -0.365 e. The van der Waals surface area contributed by atoms with E-state index in [4.69, 9.17) is 5.73 Å². The van der Waals surface area contributed by atoms with Crippen LogP contribution in [0, 0.1) is 6.92 Å². The van der Waals surface area contributed by atoms with Crippen LogP contribution in [0.4, 0.5) is 13.2 Å². The molecular formula is C6H5F3N2O2. The maximum Gasteiger partial charge on any atom is 0.453 e. The summed E-state index contributed by atoms with van der Waals surface area (Å²) in [6.07, 6.45) is -4.74. The highest BCUT2D eigenvalue weighted by atomic mass is 19.4. The molecule has 0 unspecified atom stereocenters. The number of nitrogens with zero attached hydrogens (tertiary/aromatic N) is 1. The molecule has 72 valence electrons. The molecule has 0 saturated heterocycles. The van der Waals surface area contributed by atoms with E-state index in [1.54, 1.807) is 0 Å². The van der Waals surface area contributed by atoms with Crippen LogP contribution in [-0.4, -0.2) is 11.1 Å². The number of amides is 1. The Kier molecular flexibility index (Phi) is 2.02. The first-order chi connectivity index (χ1) is 5.84. The first-order valence-corrected chi connectivity index (χ1v) is 3.17. The topological polar surface area (TPSA) is 69.1 Å². The molecule has 13 heavy (non-hydrogen) atoms. The molecule has 2 N–H and O–H groups in total. The van der Waals surface area contributed by atoms with Crippen molar-refractivity contribution < 1.29 is 22.5 Å². The Bertz CT molecular complexity index is 342. The predicted octanol–water partition coefficient (Wildman–Crippen LogP) is 1.10. The number of primary amides is 1. The van der Waals surface area contributed by atoms with Crippen molar-refractivity contribution in [3.8, 4) is 0 Å². The van der Waals surface area contributed by atoms with E-state index in [-0.39, 0.29) is 5.69 Å². The van der Waals surface area contributed by atoms with Crippen LogP contribution >= 0.6 is 0 Å². The van der Waals surface area contributed by atoms with E-state index in [0.29, 0.717) is 0 Å². The average Bonchev–Trinajstić information content (AvgIpc) is 2.28. The molecule has 0 aromatic carbocycles. The number of carbonyl (C=O) groups is 1. The highest BCUT2D eigenvalue weighted by Crippen LogP contribution is 2.32. The second-order valence-corrected chi connectivity index (χ2v) is 2.33. The largest absolute Gasteiger partial charge is 0.453 e. The molecule has 0 aliphatic rings. The van der Waals surface area contributed by atoms with Crippen molar-refractivity contribution in [2.45, 2.75) is 13.1 Å². The van der Waals surface area contributed by atoms with Gasteiger partial charge >= 0.3 is 6.18 Å². The van der Waals surface area contributed by atoms with E-state index in [1.807, 2.05) is 0 Å². The van der Waals surface area contributed by atoms with Crippen LogP contribution in [0.1, 0.15) is 21.8 Å². The maximum atomic E-state index is 12.1. The van der Waals surface area contributed by atoms with Crippen molar-refractivity contribution in [1.29, 1.82) is 0 Å². The van der Waals surface area contributed by atoms with Crippen LogP contribution in [0.3, 0.4) is 0 Å². The van der Waals surface area contributed by atoms with E-state index in [9.17, 15) is 18.0 Å². The average molecular weight is 194 g/mol. The quantitative estimate of drug-likeness (QED) is 0.727. The summed E-state index contributed by atoms with van der Waals surface area (Å²) < 4.78 is 40.2. The number of aryl methyl sites for hydroxylation is 1. The fourth-order valence-electron chi connectivity index (χ4n) is 0.853. The van der Waals surface area contributed by atoms with Crippen LogP contribution in [0.25, 0.3) is 0 Å². The summed E-state index contributed by atoms with van der Waals surface area (Å²) >= 11 is 0. The molecule has 0 saturated carbocycles. The second kappa shape index (κ2) is 2.75. The summed E-state index contributed by atoms with van der Waals surface area (Å²) in [6.45, 7) is 1.21. The van der Waals surface area contributed by atoms with Crippen molar-refractivity contribution in [1.82, 2.24) is 5.16 Å². The number of rotatable bonds is 1. The fraction of sp³-hybridized carbons (Fsp3) is 0.333. The summed E-state index contributed by atoms with van der Waals surface area (Å²) in [5.74, 6) is -2.65.